The van der Waals surface area contributed by atoms with E-state index < -0.39 is 0 Å². The molecule has 0 spiro atoms. The van der Waals surface area contributed by atoms with Crippen LogP contribution in [-0.4, -0.2) is 19.9 Å². The molecule has 2 aliphatic rings. The first-order valence-electron chi connectivity index (χ1n) is 22.4. The number of aromatic nitrogens is 4. The summed E-state index contributed by atoms with van der Waals surface area (Å²) in [6.07, 6.45) is 19.9. The average Bonchev–Trinajstić information content (AvgIpc) is 4.11. The molecule has 0 radical (unpaired) electrons. The molecule has 4 nitrogen and oxygen atoms in total. The first-order chi connectivity index (χ1) is 28.4. The molecule has 2 aliphatic heterocycles. The Morgan fingerprint density at radius 1 is 0.448 bits per heavy atom. The third-order valence-corrected chi connectivity index (χ3v) is 13.1. The molecule has 0 atom stereocenters. The van der Waals surface area contributed by atoms with Crippen LogP contribution in [0, 0.1) is 0 Å². The highest BCUT2D eigenvalue weighted by Crippen LogP contribution is 2.41. The molecule has 0 unspecified atom stereocenters. The lowest BCUT2D eigenvalue weighted by molar-refractivity contribution is 0.637. The second kappa shape index (κ2) is 18.6. The van der Waals surface area contributed by atoms with Gasteiger partial charge in [-0.3, -0.25) is 0 Å². The van der Waals surface area contributed by atoms with Crippen LogP contribution in [0.2, 0.25) is 0 Å². The van der Waals surface area contributed by atoms with Gasteiger partial charge < -0.3 is 9.97 Å². The van der Waals surface area contributed by atoms with Gasteiger partial charge >= 0.3 is 0 Å². The van der Waals surface area contributed by atoms with Crippen molar-refractivity contribution in [2.75, 3.05) is 0 Å². The van der Waals surface area contributed by atoms with Gasteiger partial charge in [-0.1, -0.05) is 116 Å². The van der Waals surface area contributed by atoms with Crippen molar-refractivity contribution in [1.29, 1.82) is 0 Å². The summed E-state index contributed by atoms with van der Waals surface area (Å²) in [5, 5.41) is 0. The minimum atomic E-state index is 0.309. The topological polar surface area (TPSA) is 57.4 Å². The number of nitrogens with zero attached hydrogens (tertiary/aromatic N) is 2. The van der Waals surface area contributed by atoms with Gasteiger partial charge in [0.15, 0.2) is 0 Å². The molecular weight excluding hydrogens is 705 g/mol. The molecule has 58 heavy (non-hydrogen) atoms. The first kappa shape index (κ1) is 41.0. The summed E-state index contributed by atoms with van der Waals surface area (Å²) in [6.45, 7) is 18.6. The predicted octanol–water partition coefficient (Wildman–Crippen LogP) is 15.9. The lowest BCUT2D eigenvalue weighted by atomic mass is 9.90. The van der Waals surface area contributed by atoms with E-state index in [1.807, 2.05) is 0 Å². The fourth-order valence-corrected chi connectivity index (χ4v) is 9.74. The number of hydrogen-bond acceptors (Lipinski definition) is 2. The van der Waals surface area contributed by atoms with Gasteiger partial charge in [0.2, 0.25) is 0 Å². The van der Waals surface area contributed by atoms with Crippen molar-refractivity contribution in [3.05, 3.63) is 141 Å². The monoisotopic (exact) mass is 769 g/mol. The van der Waals surface area contributed by atoms with Crippen LogP contribution < -0.4 is 0 Å². The van der Waals surface area contributed by atoms with E-state index in [0.717, 1.165) is 85.2 Å². The van der Waals surface area contributed by atoms with Gasteiger partial charge in [0, 0.05) is 44.4 Å². The van der Waals surface area contributed by atoms with Crippen LogP contribution in [0.25, 0.3) is 58.0 Å². The van der Waals surface area contributed by atoms with Crippen molar-refractivity contribution in [2.45, 2.75) is 130 Å². The van der Waals surface area contributed by atoms with Gasteiger partial charge in [0.05, 0.1) is 28.3 Å². The van der Waals surface area contributed by atoms with Crippen molar-refractivity contribution < 1.29 is 0 Å². The molecule has 300 valence electrons. The molecule has 0 amide bonds. The number of nitrogens with one attached hydrogen (secondary N) is 2. The molecule has 0 aliphatic carbocycles. The van der Waals surface area contributed by atoms with E-state index in [2.05, 4.69) is 175 Å². The van der Waals surface area contributed by atoms with Crippen LogP contribution in [0.4, 0.5) is 0 Å². The number of aromatic amines is 2. The number of hydrogen-bond donors (Lipinski definition) is 2. The lowest BCUT2D eigenvalue weighted by Gasteiger charge is -2.17. The summed E-state index contributed by atoms with van der Waals surface area (Å²) in [6, 6.07) is 28.8. The smallest absolute Gasteiger partial charge is 0.0693 e. The third kappa shape index (κ3) is 7.95. The van der Waals surface area contributed by atoms with Crippen molar-refractivity contribution >= 4 is 58.0 Å². The Balaban J connectivity index is 1.74. The van der Waals surface area contributed by atoms with Crippen molar-refractivity contribution in [3.8, 4) is 0 Å². The highest BCUT2D eigenvalue weighted by molar-refractivity contribution is 5.97. The average molecular weight is 769 g/mol. The number of H-pyrrole nitrogens is 2. The Kier molecular flexibility index (Phi) is 13.1. The second-order valence-corrected chi connectivity index (χ2v) is 16.2. The third-order valence-electron chi connectivity index (χ3n) is 13.1. The van der Waals surface area contributed by atoms with E-state index in [9.17, 15) is 0 Å². The van der Waals surface area contributed by atoms with E-state index >= 15 is 0 Å². The molecule has 0 saturated heterocycles. The Morgan fingerprint density at radius 2 is 0.810 bits per heavy atom. The normalized spacial score (nSPS) is 12.5. The van der Waals surface area contributed by atoms with Crippen LogP contribution in [0.3, 0.4) is 0 Å². The van der Waals surface area contributed by atoms with Crippen LogP contribution in [0.5, 0.6) is 0 Å². The number of rotatable bonds is 15. The molecule has 2 aromatic carbocycles. The number of fused-ring (bicyclic) bond motifs is 8. The fourth-order valence-electron chi connectivity index (χ4n) is 9.74. The summed E-state index contributed by atoms with van der Waals surface area (Å²) < 4.78 is 0. The standard InChI is InChI=1S/C54H64N4/c1-9-35(10-2)50-43-27-28-44(55-43)51(36(11-3)12-4)46-31-32-48(57-46)53(38(15-7)16-8)54-41(33-42(39-23-19-17-20-24-39)40-25-21-18-22-26-40)34-49(58-54)52(37(13-5)14-6)47-30-29-45(50)56-47/h17-38,55,58H,9-16H2,1-8H3. The molecule has 5 heterocycles. The minimum absolute atomic E-state index is 0.309. The van der Waals surface area contributed by atoms with E-state index in [4.69, 9.17) is 9.97 Å². The van der Waals surface area contributed by atoms with Gasteiger partial charge in [-0.2, -0.15) is 0 Å². The SMILES string of the molecule is CCC(CC)c1c2nc(c(C(CC)CC)c3cc(C=C(c4ccccc4)c4ccccc4)c([nH]3)c(C(CC)CC)c3nc(c(C(CC)CC)c4ccc1[nH]4)C=C3)C=C2. The Morgan fingerprint density at radius 3 is 1.21 bits per heavy atom. The summed E-state index contributed by atoms with van der Waals surface area (Å²) in [5.41, 5.74) is 19.0. The van der Waals surface area contributed by atoms with Gasteiger partial charge in [-0.05, 0) is 140 Å². The quantitative estimate of drug-likeness (QED) is 0.109. The number of benzene rings is 2. The molecule has 8 bridgehead atoms. The Hall–Kier alpha value is -5.22. The van der Waals surface area contributed by atoms with Gasteiger partial charge in [-0.15, -0.1) is 0 Å². The molecule has 0 saturated carbocycles. The lowest BCUT2D eigenvalue weighted by Crippen LogP contribution is -2.03. The Labute approximate surface area is 347 Å². The van der Waals surface area contributed by atoms with Gasteiger partial charge in [-0.25, -0.2) is 9.97 Å². The first-order valence-corrected chi connectivity index (χ1v) is 22.4. The maximum absolute atomic E-state index is 5.66. The zero-order valence-corrected chi connectivity index (χ0v) is 36.3. The zero-order valence-electron chi connectivity index (χ0n) is 36.3. The van der Waals surface area contributed by atoms with E-state index in [1.54, 1.807) is 0 Å². The molecule has 4 heteroatoms. The predicted molar refractivity (Wildman–Crippen MR) is 252 cm³/mol. The van der Waals surface area contributed by atoms with Crippen molar-refractivity contribution in [1.82, 2.24) is 19.9 Å². The summed E-state index contributed by atoms with van der Waals surface area (Å²) in [5.74, 6) is 1.39. The fraction of sp³-hybridized carbons (Fsp3) is 0.370. The van der Waals surface area contributed by atoms with E-state index in [1.165, 1.54) is 55.6 Å². The molecule has 7 rings (SSSR count). The van der Waals surface area contributed by atoms with E-state index in [-0.39, 0.29) is 0 Å². The maximum Gasteiger partial charge on any atom is 0.0693 e. The summed E-state index contributed by atoms with van der Waals surface area (Å²) in [4.78, 5) is 19.4. The maximum atomic E-state index is 5.66. The van der Waals surface area contributed by atoms with Crippen molar-refractivity contribution in [3.63, 3.8) is 0 Å². The summed E-state index contributed by atoms with van der Waals surface area (Å²) in [7, 11) is 0. The zero-order chi connectivity index (χ0) is 40.8. The molecule has 0 fully saturated rings. The summed E-state index contributed by atoms with van der Waals surface area (Å²) >= 11 is 0. The van der Waals surface area contributed by atoms with Crippen LogP contribution in [0.15, 0.2) is 78.9 Å². The van der Waals surface area contributed by atoms with Crippen LogP contribution in [-0.2, 0) is 0 Å². The van der Waals surface area contributed by atoms with Crippen LogP contribution in [0.1, 0.15) is 192 Å². The molecular formula is C54H64N4. The molecule has 3 aromatic heterocycles. The second-order valence-electron chi connectivity index (χ2n) is 16.2. The highest BCUT2D eigenvalue weighted by Gasteiger charge is 2.25. The Bertz CT molecular complexity index is 2400. The van der Waals surface area contributed by atoms with Crippen LogP contribution >= 0.6 is 0 Å². The molecule has 2 N–H and O–H groups in total. The van der Waals surface area contributed by atoms with Gasteiger partial charge in [0.1, 0.15) is 0 Å². The minimum Gasteiger partial charge on any atom is -0.355 e. The van der Waals surface area contributed by atoms with E-state index in [0.29, 0.717) is 23.7 Å². The molecule has 5 aromatic rings. The van der Waals surface area contributed by atoms with Crippen molar-refractivity contribution in [2.24, 2.45) is 0 Å². The highest BCUT2D eigenvalue weighted by atomic mass is 14.8. The van der Waals surface area contributed by atoms with Gasteiger partial charge in [0.25, 0.3) is 0 Å². The largest absolute Gasteiger partial charge is 0.355 e.